The number of ketones is 1. The number of rotatable bonds is 1. The maximum atomic E-state index is 11.6. The minimum Gasteiger partial charge on any atom is -0.507 e. The second-order valence-electron chi connectivity index (χ2n) is 3.80. The molecule has 0 saturated heterocycles. The minimum atomic E-state index is -1.22. The average molecular weight is 283 g/mol. The van der Waals surface area contributed by atoms with Crippen LogP contribution in [-0.2, 0) is 0 Å². The first-order valence-corrected chi connectivity index (χ1v) is 5.37. The van der Waals surface area contributed by atoms with Crippen molar-refractivity contribution in [3.05, 3.63) is 28.2 Å². The number of carbonyl (C=O) groups is 1. The number of aliphatic hydroxyl groups is 1. The predicted octanol–water partition coefficient (Wildman–Crippen LogP) is 2.11. The first kappa shape index (κ1) is 12.8. The predicted molar refractivity (Wildman–Crippen MR) is 64.2 cm³/mol. The minimum absolute atomic E-state index is 0.117. The van der Waals surface area contributed by atoms with Crippen molar-refractivity contribution in [2.75, 3.05) is 0 Å². The number of phenolic OH excluding ortho intramolecular Hbond substituents is 1. The summed E-state index contributed by atoms with van der Waals surface area (Å²) in [6.07, 6.45) is 0. The Hall–Kier alpha value is -1.31. The van der Waals surface area contributed by atoms with E-state index in [0.29, 0.717) is 4.47 Å². The molecule has 0 aliphatic rings. The Bertz CT molecular complexity index is 475. The van der Waals surface area contributed by atoms with E-state index in [1.54, 1.807) is 6.07 Å². The van der Waals surface area contributed by atoms with Crippen LogP contribution in [0.2, 0.25) is 0 Å². The molecule has 0 aliphatic heterocycles. The van der Waals surface area contributed by atoms with Crippen molar-refractivity contribution >= 4 is 21.7 Å². The fraction of sp³-hybridized carbons (Fsp3) is 0.250. The monoisotopic (exact) mass is 282 g/mol. The van der Waals surface area contributed by atoms with Crippen LogP contribution in [0, 0.1) is 11.8 Å². The Kier molecular flexibility index (Phi) is 3.74. The number of phenols is 1. The number of carbonyl (C=O) groups excluding carboxylic acids is 1. The lowest BCUT2D eigenvalue weighted by molar-refractivity contribution is 0.104. The van der Waals surface area contributed by atoms with Crippen molar-refractivity contribution in [2.24, 2.45) is 0 Å². The lowest BCUT2D eigenvalue weighted by atomic mass is 10.1. The first-order chi connectivity index (χ1) is 7.29. The molecule has 16 heavy (non-hydrogen) atoms. The molecule has 1 aromatic carbocycles. The molecule has 0 bridgehead atoms. The number of Topliss-reactive ketones (excluding diaryl/α,β-unsaturated/α-hetero) is 1. The van der Waals surface area contributed by atoms with Crippen molar-refractivity contribution < 1.29 is 15.0 Å². The van der Waals surface area contributed by atoms with Gasteiger partial charge in [0.1, 0.15) is 11.4 Å². The van der Waals surface area contributed by atoms with E-state index in [9.17, 15) is 15.0 Å². The summed E-state index contributed by atoms with van der Waals surface area (Å²) in [5, 5.41) is 18.8. The lowest BCUT2D eigenvalue weighted by Gasteiger charge is -2.06. The number of hydrogen-bond acceptors (Lipinski definition) is 3. The summed E-state index contributed by atoms with van der Waals surface area (Å²) < 4.78 is 0.679. The van der Waals surface area contributed by atoms with Crippen LogP contribution in [0.25, 0.3) is 0 Å². The summed E-state index contributed by atoms with van der Waals surface area (Å²) >= 11 is 3.19. The van der Waals surface area contributed by atoms with Gasteiger partial charge in [-0.2, -0.15) is 0 Å². The van der Waals surface area contributed by atoms with Gasteiger partial charge in [0.15, 0.2) is 0 Å². The highest BCUT2D eigenvalue weighted by molar-refractivity contribution is 9.10. The van der Waals surface area contributed by atoms with Gasteiger partial charge in [-0.05, 0) is 38.0 Å². The summed E-state index contributed by atoms with van der Waals surface area (Å²) in [6.45, 7) is 2.96. The van der Waals surface area contributed by atoms with E-state index in [1.807, 2.05) is 0 Å². The van der Waals surface area contributed by atoms with Crippen LogP contribution in [0.3, 0.4) is 0 Å². The van der Waals surface area contributed by atoms with E-state index in [-0.39, 0.29) is 11.3 Å². The van der Waals surface area contributed by atoms with E-state index >= 15 is 0 Å². The Morgan fingerprint density at radius 1 is 1.44 bits per heavy atom. The van der Waals surface area contributed by atoms with Crippen molar-refractivity contribution in [3.63, 3.8) is 0 Å². The van der Waals surface area contributed by atoms with Gasteiger partial charge in [0.05, 0.1) is 5.56 Å². The molecule has 0 aliphatic carbocycles. The zero-order valence-electron chi connectivity index (χ0n) is 8.91. The Balaban J connectivity index is 3.05. The zero-order chi connectivity index (χ0) is 12.3. The molecule has 0 saturated carbocycles. The molecule has 1 aromatic rings. The highest BCUT2D eigenvalue weighted by atomic mass is 79.9. The third-order valence-corrected chi connectivity index (χ3v) is 2.18. The molecule has 1 rings (SSSR count). The average Bonchev–Trinajstić information content (AvgIpc) is 2.17. The summed E-state index contributed by atoms with van der Waals surface area (Å²) in [7, 11) is 0. The van der Waals surface area contributed by atoms with Crippen molar-refractivity contribution in [1.29, 1.82) is 0 Å². The van der Waals surface area contributed by atoms with Crippen LogP contribution in [0.5, 0.6) is 5.75 Å². The van der Waals surface area contributed by atoms with Crippen molar-refractivity contribution in [2.45, 2.75) is 19.4 Å². The molecule has 0 radical (unpaired) electrons. The van der Waals surface area contributed by atoms with Crippen LogP contribution in [0.4, 0.5) is 0 Å². The van der Waals surface area contributed by atoms with Crippen molar-refractivity contribution in [1.82, 2.24) is 0 Å². The van der Waals surface area contributed by atoms with E-state index in [4.69, 9.17) is 0 Å². The summed E-state index contributed by atoms with van der Waals surface area (Å²) in [5.74, 6) is 4.03. The van der Waals surface area contributed by atoms with Crippen LogP contribution < -0.4 is 0 Å². The van der Waals surface area contributed by atoms with Crippen LogP contribution in [0.1, 0.15) is 24.2 Å². The quantitative estimate of drug-likeness (QED) is 0.471. The van der Waals surface area contributed by atoms with E-state index in [1.165, 1.54) is 26.0 Å². The number of hydrogen-bond donors (Lipinski definition) is 2. The lowest BCUT2D eigenvalue weighted by Crippen LogP contribution is -2.15. The molecule has 84 valence electrons. The van der Waals surface area contributed by atoms with Crippen molar-refractivity contribution in [3.8, 4) is 17.6 Å². The SMILES string of the molecule is CC(C)(O)C#CC(=O)c1cc(Br)ccc1O. The zero-order valence-corrected chi connectivity index (χ0v) is 10.5. The van der Waals surface area contributed by atoms with Gasteiger partial charge in [-0.25, -0.2) is 0 Å². The fourth-order valence-electron chi connectivity index (χ4n) is 0.967. The van der Waals surface area contributed by atoms with Crippen LogP contribution in [0.15, 0.2) is 22.7 Å². The largest absolute Gasteiger partial charge is 0.507 e. The first-order valence-electron chi connectivity index (χ1n) is 4.58. The van der Waals surface area contributed by atoms with Crippen LogP contribution in [-0.4, -0.2) is 21.6 Å². The van der Waals surface area contributed by atoms with Crippen LogP contribution >= 0.6 is 15.9 Å². The highest BCUT2D eigenvalue weighted by Gasteiger charge is 2.11. The number of aromatic hydroxyl groups is 1. The smallest absolute Gasteiger partial charge is 0.239 e. The van der Waals surface area contributed by atoms with E-state index in [2.05, 4.69) is 27.8 Å². The second kappa shape index (κ2) is 4.69. The van der Waals surface area contributed by atoms with Gasteiger partial charge in [-0.1, -0.05) is 21.9 Å². The molecule has 4 heteroatoms. The number of benzene rings is 1. The molecule has 0 fully saturated rings. The highest BCUT2D eigenvalue weighted by Crippen LogP contribution is 2.22. The molecule has 0 atom stereocenters. The van der Waals surface area contributed by atoms with Gasteiger partial charge >= 0.3 is 0 Å². The van der Waals surface area contributed by atoms with Gasteiger partial charge in [0.25, 0.3) is 0 Å². The van der Waals surface area contributed by atoms with Gasteiger partial charge in [-0.15, -0.1) is 0 Å². The molecular weight excluding hydrogens is 272 g/mol. The molecule has 2 N–H and O–H groups in total. The van der Waals surface area contributed by atoms with Gasteiger partial charge in [-0.3, -0.25) is 4.79 Å². The second-order valence-corrected chi connectivity index (χ2v) is 4.72. The maximum absolute atomic E-state index is 11.6. The Morgan fingerprint density at radius 2 is 2.06 bits per heavy atom. The molecule has 0 unspecified atom stereocenters. The third-order valence-electron chi connectivity index (χ3n) is 1.69. The third kappa shape index (κ3) is 3.69. The van der Waals surface area contributed by atoms with Gasteiger partial charge in [0, 0.05) is 4.47 Å². The van der Waals surface area contributed by atoms with E-state index < -0.39 is 11.4 Å². The number of halogens is 1. The summed E-state index contributed by atoms with van der Waals surface area (Å²) in [6, 6.07) is 4.51. The molecule has 0 heterocycles. The molecule has 3 nitrogen and oxygen atoms in total. The molecule has 0 spiro atoms. The Morgan fingerprint density at radius 3 is 2.62 bits per heavy atom. The summed E-state index contributed by atoms with van der Waals surface area (Å²) in [5.41, 5.74) is -1.11. The standard InChI is InChI=1S/C12H11BrO3/c1-12(2,16)6-5-11(15)9-7-8(13)3-4-10(9)14/h3-4,7,14,16H,1-2H3. The fourth-order valence-corrected chi connectivity index (χ4v) is 1.33. The normalized spacial score (nSPS) is 10.5. The Labute approximate surface area is 102 Å². The molecular formula is C12H11BrO3. The van der Waals surface area contributed by atoms with Gasteiger partial charge < -0.3 is 10.2 Å². The molecule has 0 aromatic heterocycles. The molecule has 0 amide bonds. The maximum Gasteiger partial charge on any atom is 0.239 e. The topological polar surface area (TPSA) is 57.5 Å². The van der Waals surface area contributed by atoms with Gasteiger partial charge in [0.2, 0.25) is 5.78 Å². The van der Waals surface area contributed by atoms with E-state index in [0.717, 1.165) is 0 Å². The summed E-state index contributed by atoms with van der Waals surface area (Å²) in [4.78, 5) is 11.6.